The number of halogens is 1. The van der Waals surface area contributed by atoms with Gasteiger partial charge in [-0.2, -0.15) is 0 Å². The van der Waals surface area contributed by atoms with Crippen LogP contribution in [0.3, 0.4) is 0 Å². The van der Waals surface area contributed by atoms with Crippen LogP contribution in [0.5, 0.6) is 0 Å². The third-order valence-corrected chi connectivity index (χ3v) is 2.33. The molecule has 0 spiro atoms. The van der Waals surface area contributed by atoms with Gasteiger partial charge < -0.3 is 5.11 Å². The molecule has 0 bridgehead atoms. The molecule has 14 heavy (non-hydrogen) atoms. The van der Waals surface area contributed by atoms with Crippen molar-refractivity contribution in [2.75, 3.05) is 0 Å². The van der Waals surface area contributed by atoms with E-state index in [9.17, 15) is 4.79 Å². The molecule has 0 saturated heterocycles. The monoisotopic (exact) mass is 258 g/mol. The van der Waals surface area contributed by atoms with Crippen LogP contribution in [0.1, 0.15) is 31.3 Å². The summed E-state index contributed by atoms with van der Waals surface area (Å²) in [7, 11) is 0. The first-order valence-corrected chi connectivity index (χ1v) is 5.03. The van der Waals surface area contributed by atoms with Gasteiger partial charge in [-0.05, 0) is 15.9 Å². The van der Waals surface area contributed by atoms with Crippen LogP contribution in [0.15, 0.2) is 10.7 Å². The van der Waals surface area contributed by atoms with Crippen LogP contribution in [0.25, 0.3) is 0 Å². The molecule has 5 heteroatoms. The number of hydrogen-bond acceptors (Lipinski definition) is 3. The molecule has 1 aromatic heterocycles. The topological polar surface area (TPSA) is 63.1 Å². The lowest BCUT2D eigenvalue weighted by molar-refractivity contribution is -0.136. The zero-order valence-electron chi connectivity index (χ0n) is 7.99. The number of carboxylic acids is 1. The SMILES string of the molecule is CC(C)c1ncc(Br)c(CC(=O)O)n1. The van der Waals surface area contributed by atoms with Crippen LogP contribution >= 0.6 is 15.9 Å². The molecule has 76 valence electrons. The Bertz CT molecular complexity index is 353. The van der Waals surface area contributed by atoms with Gasteiger partial charge in [-0.25, -0.2) is 9.97 Å². The summed E-state index contributed by atoms with van der Waals surface area (Å²) in [6.45, 7) is 3.93. The molecule has 0 atom stereocenters. The molecule has 0 unspecified atom stereocenters. The zero-order chi connectivity index (χ0) is 10.7. The van der Waals surface area contributed by atoms with Crippen molar-refractivity contribution in [1.29, 1.82) is 0 Å². The Morgan fingerprint density at radius 1 is 1.64 bits per heavy atom. The molecule has 1 rings (SSSR count). The fraction of sp³-hybridized carbons (Fsp3) is 0.444. The van der Waals surface area contributed by atoms with E-state index in [0.29, 0.717) is 16.0 Å². The number of rotatable bonds is 3. The van der Waals surface area contributed by atoms with Crippen LogP contribution in [-0.2, 0) is 11.2 Å². The van der Waals surface area contributed by atoms with Gasteiger partial charge in [-0.1, -0.05) is 13.8 Å². The van der Waals surface area contributed by atoms with Gasteiger partial charge in [0.1, 0.15) is 5.82 Å². The van der Waals surface area contributed by atoms with Crippen molar-refractivity contribution in [3.05, 3.63) is 22.2 Å². The highest BCUT2D eigenvalue weighted by Gasteiger charge is 2.10. The summed E-state index contributed by atoms with van der Waals surface area (Å²) in [6.07, 6.45) is 1.52. The molecule has 0 radical (unpaired) electrons. The Morgan fingerprint density at radius 3 is 2.79 bits per heavy atom. The van der Waals surface area contributed by atoms with Crippen molar-refractivity contribution in [2.45, 2.75) is 26.2 Å². The summed E-state index contributed by atoms with van der Waals surface area (Å²) in [5, 5.41) is 8.64. The van der Waals surface area contributed by atoms with Crippen LogP contribution in [0, 0.1) is 0 Å². The highest BCUT2D eigenvalue weighted by Crippen LogP contribution is 2.17. The smallest absolute Gasteiger partial charge is 0.309 e. The summed E-state index contributed by atoms with van der Waals surface area (Å²) in [4.78, 5) is 18.8. The van der Waals surface area contributed by atoms with E-state index in [1.807, 2.05) is 13.8 Å². The molecule has 1 aromatic rings. The molecular formula is C9H11BrN2O2. The highest BCUT2D eigenvalue weighted by atomic mass is 79.9. The van der Waals surface area contributed by atoms with Gasteiger partial charge in [0.05, 0.1) is 16.6 Å². The van der Waals surface area contributed by atoms with E-state index in [1.165, 1.54) is 0 Å². The van der Waals surface area contributed by atoms with Crippen molar-refractivity contribution in [1.82, 2.24) is 9.97 Å². The van der Waals surface area contributed by atoms with E-state index in [1.54, 1.807) is 6.20 Å². The number of hydrogen-bond donors (Lipinski definition) is 1. The molecule has 4 nitrogen and oxygen atoms in total. The maximum atomic E-state index is 10.5. The Balaban J connectivity index is 3.02. The molecular weight excluding hydrogens is 248 g/mol. The predicted octanol–water partition coefficient (Wildman–Crippen LogP) is 1.99. The second kappa shape index (κ2) is 4.50. The van der Waals surface area contributed by atoms with Crippen LogP contribution in [0.4, 0.5) is 0 Å². The summed E-state index contributed by atoms with van der Waals surface area (Å²) in [5.74, 6) is -0.0146. The minimum Gasteiger partial charge on any atom is -0.481 e. The first-order chi connectivity index (χ1) is 6.50. The largest absolute Gasteiger partial charge is 0.481 e. The van der Waals surface area contributed by atoms with Gasteiger partial charge in [0.25, 0.3) is 0 Å². The maximum Gasteiger partial charge on any atom is 0.309 e. The highest BCUT2D eigenvalue weighted by molar-refractivity contribution is 9.10. The Hall–Kier alpha value is -0.970. The van der Waals surface area contributed by atoms with Crippen molar-refractivity contribution < 1.29 is 9.90 Å². The lowest BCUT2D eigenvalue weighted by Crippen LogP contribution is -2.07. The Labute approximate surface area is 90.5 Å². The molecule has 1 N–H and O–H groups in total. The summed E-state index contributed by atoms with van der Waals surface area (Å²) in [5.41, 5.74) is 0.524. The first kappa shape index (κ1) is 11.1. The van der Waals surface area contributed by atoms with Gasteiger partial charge in [0.15, 0.2) is 0 Å². The third kappa shape index (κ3) is 2.77. The van der Waals surface area contributed by atoms with Gasteiger partial charge in [0.2, 0.25) is 0 Å². The normalized spacial score (nSPS) is 10.6. The van der Waals surface area contributed by atoms with E-state index < -0.39 is 5.97 Å². The summed E-state index contributed by atoms with van der Waals surface area (Å²) >= 11 is 3.22. The standard InChI is InChI=1S/C9H11BrN2O2/c1-5(2)9-11-4-6(10)7(12-9)3-8(13)14/h4-5H,3H2,1-2H3,(H,13,14). The summed E-state index contributed by atoms with van der Waals surface area (Å²) < 4.78 is 0.643. The van der Waals surface area contributed by atoms with Crippen molar-refractivity contribution in [3.8, 4) is 0 Å². The average Bonchev–Trinajstić information content (AvgIpc) is 2.07. The van der Waals surface area contributed by atoms with Crippen molar-refractivity contribution in [2.24, 2.45) is 0 Å². The lowest BCUT2D eigenvalue weighted by Gasteiger charge is -2.06. The number of aliphatic carboxylic acids is 1. The van der Waals surface area contributed by atoms with Crippen molar-refractivity contribution in [3.63, 3.8) is 0 Å². The van der Waals surface area contributed by atoms with Crippen LogP contribution in [0.2, 0.25) is 0 Å². The van der Waals surface area contributed by atoms with E-state index in [2.05, 4.69) is 25.9 Å². The van der Waals surface area contributed by atoms with Gasteiger partial charge in [-0.15, -0.1) is 0 Å². The number of carboxylic acid groups (broad SMARTS) is 1. The molecule has 0 aliphatic heterocycles. The first-order valence-electron chi connectivity index (χ1n) is 4.23. The lowest BCUT2D eigenvalue weighted by atomic mass is 10.2. The average molecular weight is 259 g/mol. The van der Waals surface area contributed by atoms with Crippen molar-refractivity contribution >= 4 is 21.9 Å². The Morgan fingerprint density at radius 2 is 2.29 bits per heavy atom. The zero-order valence-corrected chi connectivity index (χ0v) is 9.58. The van der Waals surface area contributed by atoms with Crippen LogP contribution in [-0.4, -0.2) is 21.0 Å². The molecule has 0 amide bonds. The van der Waals surface area contributed by atoms with E-state index in [4.69, 9.17) is 5.11 Å². The predicted molar refractivity (Wildman–Crippen MR) is 55.2 cm³/mol. The quantitative estimate of drug-likeness (QED) is 0.901. The van der Waals surface area contributed by atoms with Gasteiger partial charge in [-0.3, -0.25) is 4.79 Å². The number of nitrogens with zero attached hydrogens (tertiary/aromatic N) is 2. The number of aromatic nitrogens is 2. The van der Waals surface area contributed by atoms with E-state index >= 15 is 0 Å². The Kier molecular flexibility index (Phi) is 3.57. The van der Waals surface area contributed by atoms with Gasteiger partial charge >= 0.3 is 5.97 Å². The molecule has 0 aliphatic rings. The van der Waals surface area contributed by atoms with Gasteiger partial charge in [0, 0.05) is 12.1 Å². The number of carbonyl (C=O) groups is 1. The fourth-order valence-electron chi connectivity index (χ4n) is 0.963. The van der Waals surface area contributed by atoms with Crippen LogP contribution < -0.4 is 0 Å². The van der Waals surface area contributed by atoms with E-state index in [-0.39, 0.29) is 12.3 Å². The summed E-state index contributed by atoms with van der Waals surface area (Å²) in [6, 6.07) is 0. The van der Waals surface area contributed by atoms with E-state index in [0.717, 1.165) is 0 Å². The third-order valence-electron chi connectivity index (χ3n) is 1.67. The second-order valence-corrected chi connectivity index (χ2v) is 4.10. The molecule has 0 saturated carbocycles. The molecule has 0 fully saturated rings. The molecule has 0 aliphatic carbocycles. The molecule has 1 heterocycles. The maximum absolute atomic E-state index is 10.5. The second-order valence-electron chi connectivity index (χ2n) is 3.25. The minimum absolute atomic E-state index is 0.0805. The fourth-order valence-corrected chi connectivity index (χ4v) is 1.29. The molecule has 0 aromatic carbocycles. The minimum atomic E-state index is -0.890.